The molecular formula is C24H30O6Se2. The van der Waals surface area contributed by atoms with Crippen molar-refractivity contribution in [2.24, 2.45) is 0 Å². The quantitative estimate of drug-likeness (QED) is 0.305. The summed E-state index contributed by atoms with van der Waals surface area (Å²) in [4.78, 5) is 24.3. The summed E-state index contributed by atoms with van der Waals surface area (Å²) in [6, 6.07) is 15.5. The molecule has 0 spiro atoms. The molecule has 0 unspecified atom stereocenters. The van der Waals surface area contributed by atoms with Gasteiger partial charge in [0.15, 0.2) is 0 Å². The number of ether oxygens (including phenoxy) is 4. The van der Waals surface area contributed by atoms with Crippen molar-refractivity contribution in [2.75, 3.05) is 0 Å². The zero-order valence-electron chi connectivity index (χ0n) is 19.2. The van der Waals surface area contributed by atoms with Crippen molar-refractivity contribution in [3.05, 3.63) is 48.5 Å². The number of carbonyl (C=O) groups is 2. The number of benzene rings is 2. The first-order valence-electron chi connectivity index (χ1n) is 10.4. The van der Waals surface area contributed by atoms with Gasteiger partial charge in [-0.15, -0.1) is 0 Å². The molecular weight excluding hydrogens is 542 g/mol. The molecule has 2 aromatic carbocycles. The molecule has 0 aromatic heterocycles. The Kier molecular flexibility index (Phi) is 10.6. The van der Waals surface area contributed by atoms with Gasteiger partial charge in [-0.3, -0.25) is 0 Å². The summed E-state index contributed by atoms with van der Waals surface area (Å²) in [5.74, 6) is 0.618. The molecule has 0 aliphatic carbocycles. The summed E-state index contributed by atoms with van der Waals surface area (Å²) in [5.41, 5.74) is 0. The van der Waals surface area contributed by atoms with E-state index in [2.05, 4.69) is 0 Å². The van der Waals surface area contributed by atoms with E-state index >= 15 is 0 Å². The van der Waals surface area contributed by atoms with Crippen molar-refractivity contribution in [3.8, 4) is 11.5 Å². The molecule has 0 amide bonds. The number of esters is 2. The maximum atomic E-state index is 12.1. The normalized spacial score (nSPS) is 12.9. The third-order valence-corrected chi connectivity index (χ3v) is 11.1. The molecule has 0 saturated carbocycles. The summed E-state index contributed by atoms with van der Waals surface area (Å²) in [6.07, 6.45) is -1.75. The van der Waals surface area contributed by atoms with E-state index in [1.165, 1.54) is 0 Å². The predicted octanol–water partition coefficient (Wildman–Crippen LogP) is 2.40. The zero-order valence-corrected chi connectivity index (χ0v) is 22.6. The van der Waals surface area contributed by atoms with E-state index in [-0.39, 0.29) is 50.4 Å². The van der Waals surface area contributed by atoms with Crippen molar-refractivity contribution < 1.29 is 28.5 Å². The average Bonchev–Trinajstić information content (AvgIpc) is 2.73. The average molecular weight is 572 g/mol. The fourth-order valence-corrected chi connectivity index (χ4v) is 9.19. The summed E-state index contributed by atoms with van der Waals surface area (Å²) in [6.45, 7) is 10.6. The van der Waals surface area contributed by atoms with E-state index in [1.807, 2.05) is 76.2 Å². The van der Waals surface area contributed by atoms with Gasteiger partial charge in [-0.25, -0.2) is 0 Å². The number of carbonyl (C=O) groups excluding carboxylic acids is 2. The number of para-hydroxylation sites is 2. The Labute approximate surface area is 201 Å². The van der Waals surface area contributed by atoms with Crippen LogP contribution in [0.5, 0.6) is 11.5 Å². The van der Waals surface area contributed by atoms with Gasteiger partial charge >= 0.3 is 202 Å². The van der Waals surface area contributed by atoms with Crippen LogP contribution in [0, 0.1) is 0 Å². The Hall–Kier alpha value is -1.98. The third-order valence-electron chi connectivity index (χ3n) is 3.89. The molecule has 6 nitrogen and oxygen atoms in total. The molecule has 2 atom stereocenters. The van der Waals surface area contributed by atoms with Gasteiger partial charge < -0.3 is 0 Å². The molecule has 0 fully saturated rings. The van der Waals surface area contributed by atoms with Crippen molar-refractivity contribution in [1.29, 1.82) is 0 Å². The van der Waals surface area contributed by atoms with Crippen LogP contribution >= 0.6 is 0 Å². The molecule has 2 rings (SSSR count). The second-order valence-electron chi connectivity index (χ2n) is 7.55. The minimum atomic E-state index is -0.690. The van der Waals surface area contributed by atoms with Crippen molar-refractivity contribution in [2.45, 2.75) is 66.0 Å². The Morgan fingerprint density at radius 2 is 0.969 bits per heavy atom. The van der Waals surface area contributed by atoms with Gasteiger partial charge in [0.25, 0.3) is 0 Å². The standard InChI is InChI=1S/C24H30O6Se2/c1-15(2)27-23(25)17(5)29-19-11-7-9-13-21(19)31-32-22-14-10-8-12-20(22)30-18(6)24(26)28-16(3)4/h7-18H,1-6H3/t17-,18-/m1/s1. The molecule has 8 heteroatoms. The number of hydrogen-bond acceptors (Lipinski definition) is 6. The van der Waals surface area contributed by atoms with Crippen molar-refractivity contribution in [3.63, 3.8) is 0 Å². The molecule has 32 heavy (non-hydrogen) atoms. The maximum absolute atomic E-state index is 12.1. The second-order valence-corrected chi connectivity index (χ2v) is 13.7. The Bertz CT molecular complexity index is 826. The predicted molar refractivity (Wildman–Crippen MR) is 126 cm³/mol. The first-order chi connectivity index (χ1) is 15.2. The van der Waals surface area contributed by atoms with E-state index in [0.717, 1.165) is 8.92 Å². The molecule has 2 aromatic rings. The minimum absolute atomic E-state index is 0.0758. The van der Waals surface area contributed by atoms with Crippen molar-refractivity contribution >= 4 is 47.1 Å². The van der Waals surface area contributed by atoms with Gasteiger partial charge in [0.1, 0.15) is 0 Å². The summed E-state index contributed by atoms with van der Waals surface area (Å²) < 4.78 is 24.4. The molecule has 0 radical (unpaired) electrons. The Morgan fingerprint density at radius 3 is 1.31 bits per heavy atom. The fraction of sp³-hybridized carbons (Fsp3) is 0.417. The van der Waals surface area contributed by atoms with Crippen LogP contribution in [0.1, 0.15) is 41.5 Å². The first kappa shape index (κ1) is 26.3. The van der Waals surface area contributed by atoms with Crippen LogP contribution < -0.4 is 18.4 Å². The summed E-state index contributed by atoms with van der Waals surface area (Å²) >= 11 is 0.152. The topological polar surface area (TPSA) is 71.1 Å². The van der Waals surface area contributed by atoms with E-state index in [1.54, 1.807) is 13.8 Å². The Balaban J connectivity index is 2.07. The molecule has 0 bridgehead atoms. The van der Waals surface area contributed by atoms with Crippen LogP contribution in [0.4, 0.5) is 0 Å². The van der Waals surface area contributed by atoms with Gasteiger partial charge in [-0.1, -0.05) is 0 Å². The van der Waals surface area contributed by atoms with E-state index < -0.39 is 12.2 Å². The molecule has 0 saturated heterocycles. The van der Waals surface area contributed by atoms with Crippen LogP contribution in [0.2, 0.25) is 0 Å². The SMILES string of the molecule is CC(C)OC(=O)[C@@H](C)Oc1ccccc1[Se][Se]c1ccccc1O[C@H](C)C(=O)OC(C)C. The first-order valence-corrected chi connectivity index (χ1v) is 16.5. The van der Waals surface area contributed by atoms with E-state index in [4.69, 9.17) is 18.9 Å². The molecule has 0 aliphatic heterocycles. The molecule has 174 valence electrons. The second kappa shape index (κ2) is 12.9. The summed E-state index contributed by atoms with van der Waals surface area (Å²) in [5, 5.41) is 0. The van der Waals surface area contributed by atoms with Gasteiger partial charge in [0.2, 0.25) is 0 Å². The van der Waals surface area contributed by atoms with Crippen LogP contribution in [-0.4, -0.2) is 62.6 Å². The van der Waals surface area contributed by atoms with Gasteiger partial charge in [0, 0.05) is 0 Å². The molecule has 0 heterocycles. The van der Waals surface area contributed by atoms with Crippen LogP contribution in [0.3, 0.4) is 0 Å². The molecule has 0 N–H and O–H groups in total. The van der Waals surface area contributed by atoms with Gasteiger partial charge in [0.05, 0.1) is 0 Å². The monoisotopic (exact) mass is 574 g/mol. The van der Waals surface area contributed by atoms with Crippen LogP contribution in [0.15, 0.2) is 48.5 Å². The fourth-order valence-electron chi connectivity index (χ4n) is 2.46. The summed E-state index contributed by atoms with van der Waals surface area (Å²) in [7, 11) is 0. The van der Waals surface area contributed by atoms with Gasteiger partial charge in [-0.2, -0.15) is 0 Å². The number of rotatable bonds is 11. The van der Waals surface area contributed by atoms with E-state index in [0.29, 0.717) is 11.5 Å². The van der Waals surface area contributed by atoms with Gasteiger partial charge in [-0.05, 0) is 0 Å². The van der Waals surface area contributed by atoms with E-state index in [9.17, 15) is 9.59 Å². The van der Waals surface area contributed by atoms with Crippen molar-refractivity contribution in [1.82, 2.24) is 0 Å². The zero-order chi connectivity index (χ0) is 23.7. The third kappa shape index (κ3) is 8.51. The Morgan fingerprint density at radius 1 is 0.625 bits per heavy atom. The number of hydrogen-bond donors (Lipinski definition) is 0. The van der Waals surface area contributed by atoms with Crippen LogP contribution in [0.25, 0.3) is 0 Å². The molecule has 0 aliphatic rings. The van der Waals surface area contributed by atoms with Crippen LogP contribution in [-0.2, 0) is 19.1 Å².